The molecule has 0 aromatic carbocycles. The van der Waals surface area contributed by atoms with Crippen molar-refractivity contribution in [1.29, 1.82) is 0 Å². The Morgan fingerprint density at radius 3 is 3.25 bits per heavy atom. The Balaban J connectivity index is 2.16. The highest BCUT2D eigenvalue weighted by Crippen LogP contribution is 2.07. The molecule has 0 unspecified atom stereocenters. The van der Waals surface area contributed by atoms with Crippen LogP contribution < -0.4 is 5.32 Å². The number of nitrogens with one attached hydrogen (secondary N) is 1. The molecule has 0 fully saturated rings. The normalized spacial score (nSPS) is 18.6. The quantitative estimate of drug-likeness (QED) is 0.374. The Hall–Kier alpha value is -0.830. The van der Waals surface area contributed by atoms with Crippen molar-refractivity contribution in [2.24, 2.45) is 0 Å². The monoisotopic (exact) mass is 168 g/mol. The molecule has 0 atom stereocenters. The van der Waals surface area contributed by atoms with Crippen LogP contribution in [0.4, 0.5) is 0 Å². The maximum atomic E-state index is 9.97. The van der Waals surface area contributed by atoms with Crippen LogP contribution in [0, 0.1) is 0 Å². The van der Waals surface area contributed by atoms with E-state index in [-0.39, 0.29) is 0 Å². The number of carbonyl (C=O) groups excluding carboxylic acids is 1. The molecule has 0 aromatic rings. The lowest BCUT2D eigenvalue weighted by atomic mass is 10.1. The molecule has 1 aliphatic rings. The average Bonchev–Trinajstić information content (AvgIpc) is 2.05. The first kappa shape index (κ1) is 9.26. The summed E-state index contributed by atoms with van der Waals surface area (Å²) in [5.41, 5.74) is 1.44. The summed E-state index contributed by atoms with van der Waals surface area (Å²) in [5.74, 6) is 0. The van der Waals surface area contributed by atoms with Crippen molar-refractivity contribution in [1.82, 2.24) is 10.2 Å². The molecule has 0 saturated heterocycles. The van der Waals surface area contributed by atoms with E-state index in [1.807, 2.05) is 0 Å². The van der Waals surface area contributed by atoms with E-state index in [2.05, 4.69) is 23.2 Å². The van der Waals surface area contributed by atoms with Gasteiger partial charge in [-0.15, -0.1) is 0 Å². The highest BCUT2D eigenvalue weighted by molar-refractivity contribution is 5.45. The molecule has 0 aliphatic carbocycles. The summed E-state index contributed by atoms with van der Waals surface area (Å²) in [5, 5.41) is 2.67. The number of nitrogens with zero attached hydrogens (tertiary/aromatic N) is 1. The molecule has 1 N–H and O–H groups in total. The summed E-state index contributed by atoms with van der Waals surface area (Å²) < 4.78 is 0. The van der Waals surface area contributed by atoms with Crippen LogP contribution in [0.5, 0.6) is 0 Å². The largest absolute Gasteiger partial charge is 0.357 e. The van der Waals surface area contributed by atoms with Crippen molar-refractivity contribution in [3.05, 3.63) is 11.6 Å². The molecule has 3 heteroatoms. The molecule has 0 radical (unpaired) electrons. The summed E-state index contributed by atoms with van der Waals surface area (Å²) in [7, 11) is 0. The van der Waals surface area contributed by atoms with Gasteiger partial charge < -0.3 is 5.32 Å². The van der Waals surface area contributed by atoms with Gasteiger partial charge in [0.2, 0.25) is 6.41 Å². The lowest BCUT2D eigenvalue weighted by Crippen LogP contribution is -2.35. The predicted octanol–water partition coefficient (Wildman–Crippen LogP) is 0.384. The lowest BCUT2D eigenvalue weighted by molar-refractivity contribution is -0.109. The summed E-state index contributed by atoms with van der Waals surface area (Å²) in [6.45, 7) is 6.05. The number of carbonyl (C=O) groups is 1. The summed E-state index contributed by atoms with van der Waals surface area (Å²) in [6, 6.07) is 0. The molecule has 1 heterocycles. The highest BCUT2D eigenvalue weighted by Gasteiger charge is 2.08. The first-order chi connectivity index (χ1) is 5.83. The van der Waals surface area contributed by atoms with Crippen molar-refractivity contribution in [3.63, 3.8) is 0 Å². The van der Waals surface area contributed by atoms with E-state index in [0.717, 1.165) is 39.0 Å². The van der Waals surface area contributed by atoms with E-state index in [9.17, 15) is 4.79 Å². The van der Waals surface area contributed by atoms with Crippen LogP contribution in [0.2, 0.25) is 0 Å². The minimum absolute atomic E-state index is 0.757. The van der Waals surface area contributed by atoms with Crippen LogP contribution in [0.1, 0.15) is 13.3 Å². The number of rotatable bonds is 4. The van der Waals surface area contributed by atoms with Crippen LogP contribution in [-0.2, 0) is 4.79 Å². The highest BCUT2D eigenvalue weighted by atomic mass is 16.1. The fourth-order valence-corrected chi connectivity index (χ4v) is 1.46. The van der Waals surface area contributed by atoms with Gasteiger partial charge in [-0.3, -0.25) is 9.69 Å². The smallest absolute Gasteiger partial charge is 0.207 e. The average molecular weight is 168 g/mol. The van der Waals surface area contributed by atoms with Gasteiger partial charge in [-0.05, 0) is 13.3 Å². The number of hydrogen-bond donors (Lipinski definition) is 1. The molecule has 68 valence electrons. The molecular weight excluding hydrogens is 152 g/mol. The fraction of sp³-hybridized carbons (Fsp3) is 0.667. The maximum Gasteiger partial charge on any atom is 0.207 e. The van der Waals surface area contributed by atoms with E-state index in [1.165, 1.54) is 5.57 Å². The van der Waals surface area contributed by atoms with Crippen molar-refractivity contribution in [2.75, 3.05) is 26.2 Å². The van der Waals surface area contributed by atoms with Crippen LogP contribution in [0.15, 0.2) is 11.6 Å². The third-order valence-corrected chi connectivity index (χ3v) is 2.07. The minimum Gasteiger partial charge on any atom is -0.357 e. The van der Waals surface area contributed by atoms with Crippen molar-refractivity contribution < 1.29 is 4.79 Å². The topological polar surface area (TPSA) is 32.3 Å². The van der Waals surface area contributed by atoms with E-state index in [4.69, 9.17) is 0 Å². The Kier molecular flexibility index (Phi) is 3.80. The Morgan fingerprint density at radius 1 is 1.75 bits per heavy atom. The lowest BCUT2D eigenvalue weighted by Gasteiger charge is -2.25. The molecule has 1 rings (SSSR count). The van der Waals surface area contributed by atoms with Crippen molar-refractivity contribution >= 4 is 6.41 Å². The SMILES string of the molecule is CC1=CCCN(CCNC=O)C1. The zero-order valence-corrected chi connectivity index (χ0v) is 7.55. The summed E-state index contributed by atoms with van der Waals surface area (Å²) in [4.78, 5) is 12.3. The van der Waals surface area contributed by atoms with Gasteiger partial charge in [-0.2, -0.15) is 0 Å². The van der Waals surface area contributed by atoms with E-state index < -0.39 is 0 Å². The van der Waals surface area contributed by atoms with E-state index in [1.54, 1.807) is 0 Å². The number of hydrogen-bond acceptors (Lipinski definition) is 2. The van der Waals surface area contributed by atoms with Gasteiger partial charge in [0.25, 0.3) is 0 Å². The number of amides is 1. The van der Waals surface area contributed by atoms with Gasteiger partial charge in [0, 0.05) is 26.2 Å². The zero-order chi connectivity index (χ0) is 8.81. The molecule has 1 amide bonds. The second-order valence-electron chi connectivity index (χ2n) is 3.19. The molecule has 0 aromatic heterocycles. The Labute approximate surface area is 73.4 Å². The molecule has 1 aliphatic heterocycles. The molecule has 0 bridgehead atoms. The van der Waals surface area contributed by atoms with Crippen LogP contribution in [-0.4, -0.2) is 37.5 Å². The van der Waals surface area contributed by atoms with Crippen molar-refractivity contribution in [2.45, 2.75) is 13.3 Å². The van der Waals surface area contributed by atoms with Gasteiger partial charge in [-0.25, -0.2) is 0 Å². The minimum atomic E-state index is 0.757. The molecule has 0 spiro atoms. The second kappa shape index (κ2) is 4.93. The second-order valence-corrected chi connectivity index (χ2v) is 3.19. The van der Waals surface area contributed by atoms with Crippen molar-refractivity contribution in [3.8, 4) is 0 Å². The fourth-order valence-electron chi connectivity index (χ4n) is 1.46. The third kappa shape index (κ3) is 3.05. The summed E-state index contributed by atoms with van der Waals surface area (Å²) in [6.07, 6.45) is 4.18. The van der Waals surface area contributed by atoms with Crippen LogP contribution in [0.25, 0.3) is 0 Å². The Morgan fingerprint density at radius 2 is 2.58 bits per heavy atom. The molecule has 12 heavy (non-hydrogen) atoms. The zero-order valence-electron chi connectivity index (χ0n) is 7.55. The van der Waals surface area contributed by atoms with Gasteiger partial charge in [-0.1, -0.05) is 11.6 Å². The molecule has 0 saturated carbocycles. The molecular formula is C9H16N2O. The predicted molar refractivity (Wildman–Crippen MR) is 48.9 cm³/mol. The van der Waals surface area contributed by atoms with Crippen LogP contribution in [0.3, 0.4) is 0 Å². The van der Waals surface area contributed by atoms with E-state index >= 15 is 0 Å². The van der Waals surface area contributed by atoms with Gasteiger partial charge in [0.1, 0.15) is 0 Å². The first-order valence-electron chi connectivity index (χ1n) is 4.38. The van der Waals surface area contributed by atoms with Crippen LogP contribution >= 0.6 is 0 Å². The third-order valence-electron chi connectivity index (χ3n) is 2.07. The molecule has 3 nitrogen and oxygen atoms in total. The maximum absolute atomic E-state index is 9.97. The van der Waals surface area contributed by atoms with E-state index in [0.29, 0.717) is 0 Å². The Bertz CT molecular complexity index is 177. The van der Waals surface area contributed by atoms with Gasteiger partial charge in [0.15, 0.2) is 0 Å². The van der Waals surface area contributed by atoms with Gasteiger partial charge >= 0.3 is 0 Å². The standard InChI is InChI=1S/C9H16N2O/c1-9-3-2-5-11(7-9)6-4-10-8-12/h3,8H,2,4-7H2,1H3,(H,10,12). The first-order valence-corrected chi connectivity index (χ1v) is 4.38. The summed E-state index contributed by atoms with van der Waals surface area (Å²) >= 11 is 0. The van der Waals surface area contributed by atoms with Gasteiger partial charge in [0.05, 0.1) is 0 Å².